The monoisotopic (exact) mass is 365 g/mol. The molecule has 1 aromatic carbocycles. The van der Waals surface area contributed by atoms with Gasteiger partial charge in [-0.05, 0) is 25.0 Å². The molecular formula is C14H15N5O3S2. The summed E-state index contributed by atoms with van der Waals surface area (Å²) in [6.45, 7) is 1.39. The Morgan fingerprint density at radius 2 is 2.29 bits per heavy atom. The first kappa shape index (κ1) is 15.5. The Labute approximate surface area is 142 Å². The van der Waals surface area contributed by atoms with E-state index in [2.05, 4.69) is 18.6 Å². The number of fused-ring (bicyclic) bond motifs is 1. The van der Waals surface area contributed by atoms with Gasteiger partial charge in [0.2, 0.25) is 0 Å². The van der Waals surface area contributed by atoms with Crippen molar-refractivity contribution >= 4 is 38.5 Å². The quantitative estimate of drug-likeness (QED) is 0.741. The number of anilines is 1. The zero-order valence-electron chi connectivity index (χ0n) is 12.6. The highest BCUT2D eigenvalue weighted by molar-refractivity contribution is 7.93. The average Bonchev–Trinajstić information content (AvgIpc) is 3.28. The zero-order valence-corrected chi connectivity index (χ0v) is 14.3. The lowest BCUT2D eigenvalue weighted by atomic mass is 10.2. The fourth-order valence-corrected chi connectivity index (χ4v) is 4.52. The van der Waals surface area contributed by atoms with E-state index in [0.717, 1.165) is 31.2 Å². The molecule has 0 radical (unpaired) electrons. The number of nitrogens with one attached hydrogen (secondary N) is 1. The molecule has 0 saturated carbocycles. The van der Waals surface area contributed by atoms with Crippen LogP contribution in [0.1, 0.15) is 12.8 Å². The molecule has 10 heteroatoms. The Morgan fingerprint density at radius 3 is 3.12 bits per heavy atom. The molecule has 0 amide bonds. The molecule has 1 unspecified atom stereocenters. The van der Waals surface area contributed by atoms with Gasteiger partial charge in [-0.15, -0.1) is 0 Å². The molecule has 1 atom stereocenters. The van der Waals surface area contributed by atoms with Gasteiger partial charge < -0.3 is 4.74 Å². The second-order valence-electron chi connectivity index (χ2n) is 5.58. The summed E-state index contributed by atoms with van der Waals surface area (Å²) < 4.78 is 43.2. The third-order valence-corrected chi connectivity index (χ3v) is 5.79. The molecule has 126 valence electrons. The molecule has 4 rings (SSSR count). The third kappa shape index (κ3) is 2.99. The van der Waals surface area contributed by atoms with E-state index in [1.165, 1.54) is 12.3 Å². The van der Waals surface area contributed by atoms with Crippen LogP contribution in [0.3, 0.4) is 0 Å². The molecule has 24 heavy (non-hydrogen) atoms. The number of sulfonamides is 1. The molecule has 0 spiro atoms. The van der Waals surface area contributed by atoms with E-state index in [-0.39, 0.29) is 11.0 Å². The van der Waals surface area contributed by atoms with Crippen LogP contribution in [0, 0.1) is 0 Å². The Morgan fingerprint density at radius 1 is 1.38 bits per heavy atom. The minimum Gasteiger partial charge on any atom is -0.376 e. The third-order valence-electron chi connectivity index (χ3n) is 3.84. The maximum Gasteiger partial charge on any atom is 0.264 e. The molecule has 8 nitrogen and oxygen atoms in total. The highest BCUT2D eigenvalue weighted by Crippen LogP contribution is 2.23. The predicted octanol–water partition coefficient (Wildman–Crippen LogP) is 1.87. The van der Waals surface area contributed by atoms with Gasteiger partial charge in [-0.25, -0.2) is 8.42 Å². The van der Waals surface area contributed by atoms with Crippen molar-refractivity contribution in [3.8, 4) is 0 Å². The Hall–Kier alpha value is -2.04. The fourth-order valence-electron chi connectivity index (χ4n) is 2.72. The number of hydrogen-bond donors (Lipinski definition) is 1. The van der Waals surface area contributed by atoms with Crippen LogP contribution in [0.4, 0.5) is 5.69 Å². The SMILES string of the molecule is O=S(=O)(Nc1cnn(CC2CCCO2)c1)c1cccc2nsnc12. The minimum absolute atomic E-state index is 0.112. The number of benzene rings is 1. The van der Waals surface area contributed by atoms with Crippen LogP contribution in [-0.2, 0) is 21.3 Å². The Kier molecular flexibility index (Phi) is 3.94. The normalized spacial score (nSPS) is 18.2. The van der Waals surface area contributed by atoms with Crippen LogP contribution in [-0.4, -0.2) is 39.7 Å². The van der Waals surface area contributed by atoms with Gasteiger partial charge in [-0.2, -0.15) is 13.8 Å². The number of hydrogen-bond acceptors (Lipinski definition) is 7. The summed E-state index contributed by atoms with van der Waals surface area (Å²) >= 11 is 0.989. The lowest BCUT2D eigenvalue weighted by molar-refractivity contribution is 0.0940. The first-order valence-electron chi connectivity index (χ1n) is 7.50. The minimum atomic E-state index is -3.75. The first-order chi connectivity index (χ1) is 11.6. The first-order valence-corrected chi connectivity index (χ1v) is 9.71. The summed E-state index contributed by atoms with van der Waals surface area (Å²) in [5.74, 6) is 0. The maximum absolute atomic E-state index is 12.6. The fraction of sp³-hybridized carbons (Fsp3) is 0.357. The number of ether oxygens (including phenoxy) is 1. The summed E-state index contributed by atoms with van der Waals surface area (Å²) in [6, 6.07) is 4.90. The summed E-state index contributed by atoms with van der Waals surface area (Å²) in [5, 5.41) is 4.19. The summed E-state index contributed by atoms with van der Waals surface area (Å²) in [6.07, 6.45) is 5.35. The topological polar surface area (TPSA) is 99.0 Å². The molecule has 1 fully saturated rings. The maximum atomic E-state index is 12.6. The molecule has 0 aliphatic carbocycles. The molecule has 3 aromatic rings. The van der Waals surface area contributed by atoms with Gasteiger partial charge in [-0.1, -0.05) is 6.07 Å². The van der Waals surface area contributed by atoms with Crippen molar-refractivity contribution in [3.05, 3.63) is 30.6 Å². The van der Waals surface area contributed by atoms with Crippen LogP contribution in [0.15, 0.2) is 35.5 Å². The lowest BCUT2D eigenvalue weighted by Crippen LogP contribution is -2.15. The molecule has 2 aromatic heterocycles. The molecule has 1 saturated heterocycles. The second kappa shape index (κ2) is 6.11. The van der Waals surface area contributed by atoms with E-state index < -0.39 is 10.0 Å². The van der Waals surface area contributed by atoms with Gasteiger partial charge in [0.15, 0.2) is 0 Å². The number of aromatic nitrogens is 4. The van der Waals surface area contributed by atoms with Gasteiger partial charge in [0, 0.05) is 12.8 Å². The summed E-state index contributed by atoms with van der Waals surface area (Å²) in [4.78, 5) is 0.112. The van der Waals surface area contributed by atoms with E-state index >= 15 is 0 Å². The molecular weight excluding hydrogens is 350 g/mol. The second-order valence-corrected chi connectivity index (χ2v) is 7.76. The van der Waals surface area contributed by atoms with Crippen molar-refractivity contribution < 1.29 is 13.2 Å². The van der Waals surface area contributed by atoms with Crippen molar-refractivity contribution in [2.24, 2.45) is 0 Å². The smallest absolute Gasteiger partial charge is 0.264 e. The van der Waals surface area contributed by atoms with Crippen molar-refractivity contribution in [1.29, 1.82) is 0 Å². The van der Waals surface area contributed by atoms with Crippen LogP contribution >= 0.6 is 11.7 Å². The lowest BCUT2D eigenvalue weighted by Gasteiger charge is -2.08. The predicted molar refractivity (Wildman–Crippen MR) is 89.4 cm³/mol. The van der Waals surface area contributed by atoms with Crippen molar-refractivity contribution in [2.75, 3.05) is 11.3 Å². The molecule has 1 aliphatic heterocycles. The molecule has 1 N–H and O–H groups in total. The van der Waals surface area contributed by atoms with Gasteiger partial charge >= 0.3 is 0 Å². The Bertz CT molecular complexity index is 960. The zero-order chi connectivity index (χ0) is 16.6. The van der Waals surface area contributed by atoms with E-state index in [4.69, 9.17) is 4.74 Å². The van der Waals surface area contributed by atoms with Crippen LogP contribution in [0.5, 0.6) is 0 Å². The standard InChI is InChI=1S/C14H15N5O3S2/c20-24(21,13-5-1-4-12-14(13)17-23-16-12)18-10-7-15-19(8-10)9-11-3-2-6-22-11/h1,4-5,7-8,11,18H,2-3,6,9H2. The molecule has 3 heterocycles. The highest BCUT2D eigenvalue weighted by Gasteiger charge is 2.21. The van der Waals surface area contributed by atoms with Gasteiger partial charge in [0.05, 0.1) is 36.3 Å². The highest BCUT2D eigenvalue weighted by atomic mass is 32.2. The van der Waals surface area contributed by atoms with Gasteiger partial charge in [-0.3, -0.25) is 9.40 Å². The number of nitrogens with zero attached hydrogens (tertiary/aromatic N) is 4. The van der Waals surface area contributed by atoms with Crippen molar-refractivity contribution in [1.82, 2.24) is 18.5 Å². The van der Waals surface area contributed by atoms with Crippen LogP contribution in [0.25, 0.3) is 11.0 Å². The van der Waals surface area contributed by atoms with Crippen LogP contribution < -0.4 is 4.72 Å². The van der Waals surface area contributed by atoms with E-state index in [9.17, 15) is 8.42 Å². The number of rotatable bonds is 5. The van der Waals surface area contributed by atoms with Crippen molar-refractivity contribution in [2.45, 2.75) is 30.4 Å². The van der Waals surface area contributed by atoms with E-state index in [1.807, 2.05) is 0 Å². The van der Waals surface area contributed by atoms with Crippen molar-refractivity contribution in [3.63, 3.8) is 0 Å². The Balaban J connectivity index is 1.56. The van der Waals surface area contributed by atoms with E-state index in [0.29, 0.717) is 23.3 Å². The largest absolute Gasteiger partial charge is 0.376 e. The molecule has 0 bridgehead atoms. The van der Waals surface area contributed by atoms with Gasteiger partial charge in [0.25, 0.3) is 10.0 Å². The van der Waals surface area contributed by atoms with Gasteiger partial charge in [0.1, 0.15) is 15.9 Å². The molecule has 1 aliphatic rings. The van der Waals surface area contributed by atoms with Crippen LogP contribution in [0.2, 0.25) is 0 Å². The summed E-state index contributed by atoms with van der Waals surface area (Å²) in [7, 11) is -3.75. The van der Waals surface area contributed by atoms with E-state index in [1.54, 1.807) is 23.0 Å². The average molecular weight is 365 g/mol. The summed E-state index contributed by atoms with van der Waals surface area (Å²) in [5.41, 5.74) is 1.35.